The number of unbranched alkanes of at least 4 members (excludes halogenated alkanes) is 18. The average molecular weight is 1890 g/mol. The van der Waals surface area contributed by atoms with E-state index in [0.29, 0.717) is 36.8 Å². The van der Waals surface area contributed by atoms with Gasteiger partial charge in [0, 0.05) is 10.8 Å². The molecule has 758 valence electrons. The molecule has 0 aliphatic carbocycles. The second-order valence-electron chi connectivity index (χ2n) is 36.3. The Morgan fingerprint density at radius 3 is 0.631 bits per heavy atom. The SMILES string of the molecule is CCCCCCCCCCCCC(CO[C@@H]1OC(CO)[C@@H](O[C@H]2OC(CO)[C@@H](O)[C@H](O)C2O)[C@H](O)C1O)(CO[C@@H]1OC(CO)[C@@H](O[C@@H]2OC(CO)[C@@H](O)[C@H](O)C2O)[C@H](O)C1O)Cc1cccc(CC(CCCCCCCCCCCC)(CO[C@@H]2OC(CO)[C@@H](O[C@@H]3OC(CO)[C@@H](O)[C@H](O)C3O)[C@H](O)C2O)CO[C@@H]2OC(CO)[C@@H](O[C@@H]3OC(CO)[C@@H](O)[C@H](O)C3O)[C@H](O)C2O)c1. The van der Waals surface area contributed by atoms with Gasteiger partial charge in [-0.1, -0.05) is 167 Å². The molecule has 17 unspecified atom stereocenters. The van der Waals surface area contributed by atoms with Crippen molar-refractivity contribution in [3.63, 3.8) is 0 Å². The predicted octanol–water partition coefficient (Wildman–Crippen LogP) is -8.07. The molecular formula is C86H150O44. The molecule has 0 bridgehead atoms. The van der Waals surface area contributed by atoms with Crippen molar-refractivity contribution in [2.75, 3.05) is 79.3 Å². The van der Waals surface area contributed by atoms with E-state index in [-0.39, 0.29) is 25.7 Å². The van der Waals surface area contributed by atoms with E-state index in [1.54, 1.807) is 24.3 Å². The summed E-state index contributed by atoms with van der Waals surface area (Å²) in [5, 5.41) is 309. The van der Waals surface area contributed by atoms with Gasteiger partial charge in [-0.2, -0.15) is 0 Å². The average Bonchev–Trinajstić information content (AvgIpc) is 0.789. The summed E-state index contributed by atoms with van der Waals surface area (Å²) in [5.74, 6) is 0. The molecule has 44 nitrogen and oxygen atoms in total. The van der Waals surface area contributed by atoms with Gasteiger partial charge in [-0.05, 0) is 36.8 Å². The summed E-state index contributed by atoms with van der Waals surface area (Å²) in [6, 6.07) is 6.96. The Bertz CT molecular complexity index is 2890. The fourth-order valence-corrected chi connectivity index (χ4v) is 18.3. The molecule has 8 aliphatic heterocycles. The lowest BCUT2D eigenvalue weighted by molar-refractivity contribution is -0.365. The first-order valence-corrected chi connectivity index (χ1v) is 46.2. The third-order valence-electron chi connectivity index (χ3n) is 26.3. The predicted molar refractivity (Wildman–Crippen MR) is 441 cm³/mol. The summed E-state index contributed by atoms with van der Waals surface area (Å²) in [6.45, 7) is -5.15. The van der Waals surface area contributed by atoms with Crippen molar-refractivity contribution in [2.24, 2.45) is 10.8 Å². The Hall–Kier alpha value is -2.54. The number of rotatable bonds is 54. The molecule has 28 N–H and O–H groups in total. The fraction of sp³-hybridized carbons (Fsp3) is 0.930. The quantitative estimate of drug-likeness (QED) is 0.0269. The zero-order chi connectivity index (χ0) is 94.8. The number of aliphatic hydroxyl groups is 28. The van der Waals surface area contributed by atoms with Crippen LogP contribution in [0.1, 0.15) is 166 Å². The summed E-state index contributed by atoms with van der Waals surface area (Å²) in [6.07, 6.45) is -56.6. The van der Waals surface area contributed by atoms with Gasteiger partial charge < -0.3 is 219 Å². The van der Waals surface area contributed by atoms with E-state index in [1.807, 2.05) is 0 Å². The molecule has 41 atom stereocenters. The van der Waals surface area contributed by atoms with Crippen LogP contribution < -0.4 is 0 Å². The highest BCUT2D eigenvalue weighted by molar-refractivity contribution is 5.26. The molecule has 9 rings (SSSR count). The summed E-state index contributed by atoms with van der Waals surface area (Å²) in [5.41, 5.74) is -1.97. The van der Waals surface area contributed by atoms with Crippen molar-refractivity contribution >= 4 is 0 Å². The molecule has 44 heteroatoms. The lowest BCUT2D eigenvalue weighted by Crippen LogP contribution is -2.65. The van der Waals surface area contributed by atoms with Crippen LogP contribution in [0.15, 0.2) is 24.3 Å². The van der Waals surface area contributed by atoms with Crippen LogP contribution in [-0.2, 0) is 88.6 Å². The normalized spacial score (nSPS) is 41.5. The van der Waals surface area contributed by atoms with Crippen molar-refractivity contribution in [1.29, 1.82) is 0 Å². The van der Waals surface area contributed by atoms with Crippen LogP contribution in [0.5, 0.6) is 0 Å². The molecule has 8 aliphatic rings. The number of hydrogen-bond acceptors (Lipinski definition) is 44. The van der Waals surface area contributed by atoms with Crippen molar-refractivity contribution in [3.8, 4) is 0 Å². The largest absolute Gasteiger partial charge is 0.394 e. The summed E-state index contributed by atoms with van der Waals surface area (Å²) in [4.78, 5) is 0. The zero-order valence-electron chi connectivity index (χ0n) is 73.9. The molecule has 0 radical (unpaired) electrons. The maximum Gasteiger partial charge on any atom is 0.187 e. The zero-order valence-corrected chi connectivity index (χ0v) is 73.9. The lowest BCUT2D eigenvalue weighted by atomic mass is 9.76. The number of benzene rings is 1. The monoisotopic (exact) mass is 1890 g/mol. The lowest BCUT2D eigenvalue weighted by Gasteiger charge is -2.47. The Morgan fingerprint density at radius 2 is 0.423 bits per heavy atom. The summed E-state index contributed by atoms with van der Waals surface area (Å²) < 4.78 is 97.0. The highest BCUT2D eigenvalue weighted by Gasteiger charge is 2.58. The molecule has 1 aromatic rings. The van der Waals surface area contributed by atoms with Gasteiger partial charge in [0.1, 0.15) is 195 Å². The molecule has 0 spiro atoms. The maximum atomic E-state index is 12.1. The van der Waals surface area contributed by atoms with Crippen LogP contribution in [0.25, 0.3) is 0 Å². The molecule has 0 aromatic heterocycles. The van der Waals surface area contributed by atoms with E-state index in [4.69, 9.17) is 75.8 Å². The second kappa shape index (κ2) is 54.3. The fourth-order valence-electron chi connectivity index (χ4n) is 18.3. The van der Waals surface area contributed by atoms with Gasteiger partial charge in [0.25, 0.3) is 0 Å². The van der Waals surface area contributed by atoms with Gasteiger partial charge in [0.15, 0.2) is 50.3 Å². The highest BCUT2D eigenvalue weighted by atomic mass is 16.8. The molecule has 8 fully saturated rings. The molecule has 0 saturated carbocycles. The van der Waals surface area contributed by atoms with Crippen LogP contribution in [0.3, 0.4) is 0 Å². The van der Waals surface area contributed by atoms with Crippen LogP contribution in [0, 0.1) is 10.8 Å². The second-order valence-corrected chi connectivity index (χ2v) is 36.3. The van der Waals surface area contributed by atoms with E-state index in [1.165, 1.54) is 0 Å². The van der Waals surface area contributed by atoms with E-state index in [0.717, 1.165) is 103 Å². The molecule has 130 heavy (non-hydrogen) atoms. The highest BCUT2D eigenvalue weighted by Crippen LogP contribution is 2.42. The minimum Gasteiger partial charge on any atom is -0.394 e. The third kappa shape index (κ3) is 28.9. The van der Waals surface area contributed by atoms with Crippen molar-refractivity contribution < 1.29 is 219 Å². The van der Waals surface area contributed by atoms with Crippen molar-refractivity contribution in [3.05, 3.63) is 35.4 Å². The van der Waals surface area contributed by atoms with Gasteiger partial charge in [-0.3, -0.25) is 0 Å². The smallest absolute Gasteiger partial charge is 0.187 e. The van der Waals surface area contributed by atoms with Crippen LogP contribution in [0.2, 0.25) is 0 Å². The minimum atomic E-state index is -2.08. The summed E-state index contributed by atoms with van der Waals surface area (Å²) in [7, 11) is 0. The number of hydrogen-bond donors (Lipinski definition) is 28. The molecule has 8 saturated heterocycles. The molecular weight excluding hydrogens is 1740 g/mol. The van der Waals surface area contributed by atoms with Crippen LogP contribution >= 0.6 is 0 Å². The van der Waals surface area contributed by atoms with E-state index < -0.39 is 336 Å². The van der Waals surface area contributed by atoms with E-state index in [2.05, 4.69) is 13.8 Å². The molecule has 1 aromatic carbocycles. The first-order valence-electron chi connectivity index (χ1n) is 46.2. The minimum absolute atomic E-state index is 0.115. The summed E-state index contributed by atoms with van der Waals surface area (Å²) >= 11 is 0. The Balaban J connectivity index is 1.10. The topological polar surface area (TPSA) is 714 Å². The van der Waals surface area contributed by atoms with Gasteiger partial charge in [-0.25, -0.2) is 0 Å². The number of ether oxygens (including phenoxy) is 16. The van der Waals surface area contributed by atoms with Crippen LogP contribution in [-0.4, -0.2) is 468 Å². The van der Waals surface area contributed by atoms with Crippen molar-refractivity contribution in [1.82, 2.24) is 0 Å². The van der Waals surface area contributed by atoms with Gasteiger partial charge in [0.05, 0.1) is 79.3 Å². The van der Waals surface area contributed by atoms with E-state index in [9.17, 15) is 143 Å². The Kier molecular flexibility index (Phi) is 46.4. The van der Waals surface area contributed by atoms with Crippen LogP contribution in [0.4, 0.5) is 0 Å². The first-order chi connectivity index (χ1) is 62.3. The number of aliphatic hydroxyl groups excluding tert-OH is 28. The first kappa shape index (κ1) is 111. The van der Waals surface area contributed by atoms with Crippen molar-refractivity contribution in [2.45, 2.75) is 414 Å². The van der Waals surface area contributed by atoms with E-state index >= 15 is 0 Å². The Morgan fingerprint density at radius 1 is 0.231 bits per heavy atom. The molecule has 8 heterocycles. The third-order valence-corrected chi connectivity index (χ3v) is 26.3. The molecule has 0 amide bonds. The van der Waals surface area contributed by atoms with Gasteiger partial charge in [0.2, 0.25) is 0 Å². The maximum absolute atomic E-state index is 12.1. The standard InChI is InChI=1S/C86H150O44/c1-3-5-7-9-11-13-15-17-19-21-26-85(39-115-77-69(111)61(103)73(49(35-91)123-77)127-81-65(107)57(99)53(95)45(31-87)119-81,40-116-78-70(112)62(104)74(50(36-92)124-78)128-82-66(108)58(100)54(96)46(32-88)120-82)29-43-24-23-25-44(28-43)30-86(27-22-20-18-16-14-12-10-8-6-4-2,41-117-79-71(113)63(105)75(51(37-93)125-79)129-83-67(109)59(101)55(97)47(33-89)121-83)42-118-80-72(114)64(106)76(52(38-94)126-80)130-84-68(110)60(102)56(98)48(34-90)122-84/h23-25,28,45-84,87-114H,3-22,26-27,29-42H2,1-2H3/t45?,46?,47?,48?,49?,50?,51?,52?,53-,54-,55-,56-,57+,58+,59+,60+,61-,62-,63-,64-,65?,66?,67?,68?,69?,70?,71?,72?,73-,74-,75-,76-,77-,78-,79-,80-,81-,82+,83+,84+,85?,86?/m1/s1. The van der Waals surface area contributed by atoms with Gasteiger partial charge in [-0.15, -0.1) is 0 Å². The Labute approximate surface area is 755 Å². The van der Waals surface area contributed by atoms with Gasteiger partial charge >= 0.3 is 0 Å².